The number of halogens is 1. The molecule has 0 N–H and O–H groups in total. The molecule has 31 heavy (non-hydrogen) atoms. The van der Waals surface area contributed by atoms with Gasteiger partial charge in [-0.25, -0.2) is 4.98 Å². The number of nitro benzene ring substituents is 1. The molecule has 0 aliphatic carbocycles. The van der Waals surface area contributed by atoms with Crippen molar-refractivity contribution in [1.82, 2.24) is 9.55 Å². The summed E-state index contributed by atoms with van der Waals surface area (Å²) in [5, 5.41) is 11.5. The minimum atomic E-state index is -0.802. The van der Waals surface area contributed by atoms with Crippen LogP contribution in [0.4, 0.5) is 5.69 Å². The van der Waals surface area contributed by atoms with Crippen molar-refractivity contribution in [3.05, 3.63) is 88.0 Å². The standard InChI is InChI=1S/C22H22ClN3O5/c23-18-3-1-17(2-4-18)9-10-22(15-25-12-11-24-16-25)30-14-21(31-22)13-29-20-7-5-19(6-8-20)26(27)28/h1-8,11-12,16,21H,9-10,13-15H2. The minimum Gasteiger partial charge on any atom is -0.491 e. The van der Waals surface area contributed by atoms with E-state index in [-0.39, 0.29) is 18.4 Å². The van der Waals surface area contributed by atoms with Gasteiger partial charge in [-0.15, -0.1) is 0 Å². The van der Waals surface area contributed by atoms with Gasteiger partial charge in [-0.2, -0.15) is 0 Å². The van der Waals surface area contributed by atoms with Gasteiger partial charge in [0.25, 0.3) is 5.69 Å². The molecule has 2 unspecified atom stereocenters. The van der Waals surface area contributed by atoms with Crippen LogP contribution in [0.5, 0.6) is 5.75 Å². The molecule has 8 nitrogen and oxygen atoms in total. The Morgan fingerprint density at radius 1 is 1.23 bits per heavy atom. The van der Waals surface area contributed by atoms with Gasteiger partial charge in [-0.3, -0.25) is 10.1 Å². The first-order valence-electron chi connectivity index (χ1n) is 9.91. The highest BCUT2D eigenvalue weighted by molar-refractivity contribution is 6.30. The molecule has 0 spiro atoms. The van der Waals surface area contributed by atoms with E-state index in [9.17, 15) is 10.1 Å². The molecule has 2 heterocycles. The minimum absolute atomic E-state index is 0.0225. The van der Waals surface area contributed by atoms with Gasteiger partial charge in [0.05, 0.1) is 24.4 Å². The third kappa shape index (κ3) is 5.61. The van der Waals surface area contributed by atoms with E-state index in [4.69, 9.17) is 25.8 Å². The Morgan fingerprint density at radius 2 is 2.00 bits per heavy atom. The number of aryl methyl sites for hydroxylation is 1. The summed E-state index contributed by atoms with van der Waals surface area (Å²) in [6, 6.07) is 13.7. The fourth-order valence-corrected chi connectivity index (χ4v) is 3.62. The Labute approximate surface area is 184 Å². The summed E-state index contributed by atoms with van der Waals surface area (Å²) in [7, 11) is 0. The molecule has 2 aromatic carbocycles. The SMILES string of the molecule is O=[N+]([O-])c1ccc(OCC2COC(CCc3ccc(Cl)cc3)(Cn3ccnc3)O2)cc1. The second-order valence-corrected chi connectivity index (χ2v) is 7.82. The van der Waals surface area contributed by atoms with Crippen LogP contribution >= 0.6 is 11.6 Å². The Balaban J connectivity index is 1.38. The highest BCUT2D eigenvalue weighted by Crippen LogP contribution is 2.31. The zero-order valence-corrected chi connectivity index (χ0v) is 17.5. The van der Waals surface area contributed by atoms with Crippen molar-refractivity contribution in [2.45, 2.75) is 31.3 Å². The maximum absolute atomic E-state index is 10.8. The van der Waals surface area contributed by atoms with Gasteiger partial charge in [0.1, 0.15) is 18.5 Å². The molecule has 0 saturated carbocycles. The number of aromatic nitrogens is 2. The summed E-state index contributed by atoms with van der Waals surface area (Å²) in [6.07, 6.45) is 6.48. The third-order valence-corrected chi connectivity index (χ3v) is 5.34. The predicted molar refractivity (Wildman–Crippen MR) is 114 cm³/mol. The largest absolute Gasteiger partial charge is 0.491 e. The topological polar surface area (TPSA) is 88.7 Å². The van der Waals surface area contributed by atoms with Gasteiger partial charge in [-0.1, -0.05) is 23.7 Å². The van der Waals surface area contributed by atoms with Crippen LogP contribution < -0.4 is 4.74 Å². The van der Waals surface area contributed by atoms with Crippen molar-refractivity contribution in [3.8, 4) is 5.75 Å². The van der Waals surface area contributed by atoms with E-state index in [0.717, 1.165) is 12.0 Å². The van der Waals surface area contributed by atoms with E-state index < -0.39 is 10.7 Å². The summed E-state index contributed by atoms with van der Waals surface area (Å²) in [4.78, 5) is 14.4. The molecule has 0 radical (unpaired) electrons. The monoisotopic (exact) mass is 443 g/mol. The molecule has 3 aromatic rings. The van der Waals surface area contributed by atoms with Gasteiger partial charge < -0.3 is 18.8 Å². The maximum atomic E-state index is 10.8. The quantitative estimate of drug-likeness (QED) is 0.362. The van der Waals surface area contributed by atoms with E-state index in [1.54, 1.807) is 24.7 Å². The van der Waals surface area contributed by atoms with Crippen LogP contribution in [0, 0.1) is 10.1 Å². The highest BCUT2D eigenvalue weighted by atomic mass is 35.5. The number of hydrogen-bond acceptors (Lipinski definition) is 6. The summed E-state index contributed by atoms with van der Waals surface area (Å²) >= 11 is 5.98. The van der Waals surface area contributed by atoms with Gasteiger partial charge in [-0.05, 0) is 36.2 Å². The molecule has 9 heteroatoms. The highest BCUT2D eigenvalue weighted by Gasteiger charge is 2.42. The molecule has 2 atom stereocenters. The third-order valence-electron chi connectivity index (χ3n) is 5.09. The zero-order chi connectivity index (χ0) is 21.7. The molecule has 1 saturated heterocycles. The Morgan fingerprint density at radius 3 is 2.68 bits per heavy atom. The zero-order valence-electron chi connectivity index (χ0n) is 16.7. The van der Waals surface area contributed by atoms with Crippen LogP contribution in [0.2, 0.25) is 5.02 Å². The summed E-state index contributed by atoms with van der Waals surface area (Å²) < 4.78 is 20.2. The number of non-ortho nitro benzene ring substituents is 1. The van der Waals surface area contributed by atoms with E-state index >= 15 is 0 Å². The number of ether oxygens (including phenoxy) is 3. The lowest BCUT2D eigenvalue weighted by Gasteiger charge is -2.28. The van der Waals surface area contributed by atoms with Crippen molar-refractivity contribution >= 4 is 17.3 Å². The number of nitro groups is 1. The fraction of sp³-hybridized carbons (Fsp3) is 0.318. The second-order valence-electron chi connectivity index (χ2n) is 7.39. The summed E-state index contributed by atoms with van der Waals surface area (Å²) in [6.45, 7) is 1.18. The molecule has 1 aromatic heterocycles. The molecule has 1 aliphatic heterocycles. The molecule has 1 fully saturated rings. The average Bonchev–Trinajstić information content (AvgIpc) is 3.43. The van der Waals surface area contributed by atoms with Crippen molar-refractivity contribution in [2.75, 3.05) is 13.2 Å². The smallest absolute Gasteiger partial charge is 0.269 e. The first kappa shape index (κ1) is 21.3. The number of benzene rings is 2. The van der Waals surface area contributed by atoms with Crippen LogP contribution in [0.1, 0.15) is 12.0 Å². The van der Waals surface area contributed by atoms with Crippen molar-refractivity contribution in [3.63, 3.8) is 0 Å². The fourth-order valence-electron chi connectivity index (χ4n) is 3.49. The predicted octanol–water partition coefficient (Wildman–Crippen LogP) is 4.27. The molecule has 1 aliphatic rings. The van der Waals surface area contributed by atoms with Crippen LogP contribution in [-0.2, 0) is 22.4 Å². The van der Waals surface area contributed by atoms with E-state index in [1.165, 1.54) is 12.1 Å². The molecule has 4 rings (SSSR count). The first-order chi connectivity index (χ1) is 15.0. The van der Waals surface area contributed by atoms with E-state index in [1.807, 2.05) is 35.0 Å². The Hall–Kier alpha value is -2.94. The lowest BCUT2D eigenvalue weighted by Crippen LogP contribution is -2.37. The second kappa shape index (κ2) is 9.47. The van der Waals surface area contributed by atoms with E-state index in [2.05, 4.69) is 4.98 Å². The molecular formula is C22H22ClN3O5. The molecular weight excluding hydrogens is 422 g/mol. The number of rotatable bonds is 9. The Bertz CT molecular complexity index is 995. The normalized spacial score (nSPS) is 20.6. The number of nitrogens with zero attached hydrogens (tertiary/aromatic N) is 3. The van der Waals surface area contributed by atoms with Gasteiger partial charge >= 0.3 is 0 Å². The summed E-state index contributed by atoms with van der Waals surface area (Å²) in [5.41, 5.74) is 1.17. The van der Waals surface area contributed by atoms with Crippen LogP contribution in [0.15, 0.2) is 67.3 Å². The molecule has 0 amide bonds. The molecule has 162 valence electrons. The number of hydrogen-bond donors (Lipinski definition) is 0. The van der Waals surface area contributed by atoms with Crippen LogP contribution in [0.3, 0.4) is 0 Å². The van der Waals surface area contributed by atoms with Crippen molar-refractivity contribution < 1.29 is 19.1 Å². The maximum Gasteiger partial charge on any atom is 0.269 e. The van der Waals surface area contributed by atoms with Crippen molar-refractivity contribution in [1.29, 1.82) is 0 Å². The average molecular weight is 444 g/mol. The lowest BCUT2D eigenvalue weighted by atomic mass is 10.0. The van der Waals surface area contributed by atoms with Gasteiger partial charge in [0.15, 0.2) is 5.79 Å². The van der Waals surface area contributed by atoms with Crippen LogP contribution in [0.25, 0.3) is 0 Å². The molecule has 0 bridgehead atoms. The lowest BCUT2D eigenvalue weighted by molar-refractivity contribution is -0.384. The van der Waals surface area contributed by atoms with E-state index in [0.29, 0.717) is 30.3 Å². The van der Waals surface area contributed by atoms with Crippen molar-refractivity contribution in [2.24, 2.45) is 0 Å². The number of imidazole rings is 1. The van der Waals surface area contributed by atoms with Crippen LogP contribution in [-0.4, -0.2) is 39.6 Å². The first-order valence-corrected chi connectivity index (χ1v) is 10.3. The summed E-state index contributed by atoms with van der Waals surface area (Å²) in [5.74, 6) is -0.258. The van der Waals surface area contributed by atoms with Gasteiger partial charge in [0, 0.05) is 36.0 Å². The Kier molecular flexibility index (Phi) is 6.50. The van der Waals surface area contributed by atoms with Gasteiger partial charge in [0.2, 0.25) is 0 Å².